The molecule has 1 aliphatic rings. The molecule has 0 amide bonds. The average molecular weight is 433 g/mol. The first-order chi connectivity index (χ1) is 15.5. The molecule has 4 aromatic rings. The minimum absolute atomic E-state index is 0.123. The number of piperidine rings is 1. The molecule has 1 aromatic carbocycles. The summed E-state index contributed by atoms with van der Waals surface area (Å²) in [4.78, 5) is 23.9. The molecule has 5 rings (SSSR count). The molecule has 0 N–H and O–H groups in total. The lowest BCUT2D eigenvalue weighted by Crippen LogP contribution is -2.37. The van der Waals surface area contributed by atoms with Crippen molar-refractivity contribution in [3.63, 3.8) is 0 Å². The van der Waals surface area contributed by atoms with Gasteiger partial charge in [0.2, 0.25) is 0 Å². The summed E-state index contributed by atoms with van der Waals surface area (Å²) in [6.45, 7) is 4.15. The van der Waals surface area contributed by atoms with Crippen LogP contribution in [0.4, 0.5) is 10.2 Å². The van der Waals surface area contributed by atoms with Crippen LogP contribution in [-0.2, 0) is 13.6 Å². The number of aryl methyl sites for hydroxylation is 2. The number of aromatic nitrogens is 6. The molecule has 0 radical (unpaired) electrons. The van der Waals surface area contributed by atoms with Crippen molar-refractivity contribution < 1.29 is 4.39 Å². The van der Waals surface area contributed by atoms with Gasteiger partial charge in [-0.3, -0.25) is 9.48 Å². The van der Waals surface area contributed by atoms with Gasteiger partial charge in [0.25, 0.3) is 5.56 Å². The summed E-state index contributed by atoms with van der Waals surface area (Å²) in [5, 5.41) is 9.83. The molecule has 3 aromatic heterocycles. The topological polar surface area (TPSA) is 81.7 Å². The van der Waals surface area contributed by atoms with Gasteiger partial charge in [0.15, 0.2) is 5.65 Å². The predicted octanol–water partition coefficient (Wildman–Crippen LogP) is 2.95. The standard InChI is InChI=1S/C23H24FN7O/c1-15-26-22-19(13-25-29(22)2)23(27-15)30-11-9-16(10-12-30)14-31-21(32)8-7-20(28-31)17-3-5-18(24)6-4-17/h3-8,13,16H,9-12,14H2,1-2H3. The third-order valence-electron chi connectivity index (χ3n) is 6.04. The Balaban J connectivity index is 1.31. The smallest absolute Gasteiger partial charge is 0.266 e. The van der Waals surface area contributed by atoms with Crippen LogP contribution in [0.15, 0.2) is 47.4 Å². The van der Waals surface area contributed by atoms with E-state index in [4.69, 9.17) is 0 Å². The zero-order chi connectivity index (χ0) is 22.2. The zero-order valence-corrected chi connectivity index (χ0v) is 18.1. The lowest BCUT2D eigenvalue weighted by molar-refractivity contribution is 0.335. The second kappa shape index (κ2) is 8.14. The highest BCUT2D eigenvalue weighted by Crippen LogP contribution is 2.28. The molecule has 9 heteroatoms. The molecule has 1 aliphatic heterocycles. The average Bonchev–Trinajstić information content (AvgIpc) is 3.16. The first kappa shape index (κ1) is 20.3. The Morgan fingerprint density at radius 2 is 1.81 bits per heavy atom. The first-order valence-electron chi connectivity index (χ1n) is 10.7. The van der Waals surface area contributed by atoms with Crippen LogP contribution in [0.5, 0.6) is 0 Å². The molecule has 0 bridgehead atoms. The molecule has 32 heavy (non-hydrogen) atoms. The number of halogens is 1. The van der Waals surface area contributed by atoms with Crippen molar-refractivity contribution in [2.45, 2.75) is 26.3 Å². The first-order valence-corrected chi connectivity index (χ1v) is 10.7. The largest absolute Gasteiger partial charge is 0.356 e. The quantitative estimate of drug-likeness (QED) is 0.492. The number of hydrogen-bond donors (Lipinski definition) is 0. The summed E-state index contributed by atoms with van der Waals surface area (Å²) in [6, 6.07) is 9.36. The third-order valence-corrected chi connectivity index (χ3v) is 6.04. The van der Waals surface area contributed by atoms with Crippen molar-refractivity contribution in [3.8, 4) is 11.3 Å². The summed E-state index contributed by atoms with van der Waals surface area (Å²) in [6.07, 6.45) is 3.68. The fourth-order valence-electron chi connectivity index (χ4n) is 4.28. The van der Waals surface area contributed by atoms with Gasteiger partial charge in [0, 0.05) is 38.3 Å². The Hall–Kier alpha value is -3.62. The van der Waals surface area contributed by atoms with E-state index in [2.05, 4.69) is 25.1 Å². The van der Waals surface area contributed by atoms with Crippen molar-refractivity contribution in [2.75, 3.05) is 18.0 Å². The van der Waals surface area contributed by atoms with Crippen molar-refractivity contribution >= 4 is 16.9 Å². The zero-order valence-electron chi connectivity index (χ0n) is 18.1. The van der Waals surface area contributed by atoms with Gasteiger partial charge in [-0.2, -0.15) is 10.2 Å². The van der Waals surface area contributed by atoms with Gasteiger partial charge < -0.3 is 4.90 Å². The molecule has 8 nitrogen and oxygen atoms in total. The van der Waals surface area contributed by atoms with Crippen molar-refractivity contribution in [1.82, 2.24) is 29.5 Å². The molecule has 1 saturated heterocycles. The second-order valence-electron chi connectivity index (χ2n) is 8.28. The van der Waals surface area contributed by atoms with Crippen LogP contribution >= 0.6 is 0 Å². The van der Waals surface area contributed by atoms with Crippen LogP contribution < -0.4 is 10.5 Å². The lowest BCUT2D eigenvalue weighted by atomic mass is 9.96. The van der Waals surface area contributed by atoms with E-state index in [1.54, 1.807) is 22.9 Å². The van der Waals surface area contributed by atoms with E-state index in [0.717, 1.165) is 54.2 Å². The number of hydrogen-bond acceptors (Lipinski definition) is 6. The van der Waals surface area contributed by atoms with E-state index in [0.29, 0.717) is 18.2 Å². The molecule has 0 atom stereocenters. The summed E-state index contributed by atoms with van der Waals surface area (Å²) < 4.78 is 16.5. The Morgan fingerprint density at radius 3 is 2.56 bits per heavy atom. The van der Waals surface area contributed by atoms with Crippen molar-refractivity contribution in [3.05, 3.63) is 64.6 Å². The Bertz CT molecular complexity index is 1320. The molecule has 0 aliphatic carbocycles. The summed E-state index contributed by atoms with van der Waals surface area (Å²) >= 11 is 0. The van der Waals surface area contributed by atoms with Crippen LogP contribution in [0, 0.1) is 18.7 Å². The highest BCUT2D eigenvalue weighted by molar-refractivity contribution is 5.87. The predicted molar refractivity (Wildman–Crippen MR) is 120 cm³/mol. The Morgan fingerprint density at radius 1 is 1.06 bits per heavy atom. The second-order valence-corrected chi connectivity index (χ2v) is 8.28. The van der Waals surface area contributed by atoms with E-state index < -0.39 is 0 Å². The van der Waals surface area contributed by atoms with Gasteiger partial charge in [0.1, 0.15) is 17.5 Å². The van der Waals surface area contributed by atoms with Gasteiger partial charge in [-0.25, -0.2) is 19.0 Å². The van der Waals surface area contributed by atoms with Crippen LogP contribution in [0.3, 0.4) is 0 Å². The van der Waals surface area contributed by atoms with Gasteiger partial charge in [0.05, 0.1) is 17.3 Å². The normalized spacial score (nSPS) is 14.9. The number of anilines is 1. The van der Waals surface area contributed by atoms with E-state index in [9.17, 15) is 9.18 Å². The van der Waals surface area contributed by atoms with Crippen LogP contribution in [0.2, 0.25) is 0 Å². The van der Waals surface area contributed by atoms with Crippen molar-refractivity contribution in [2.24, 2.45) is 13.0 Å². The summed E-state index contributed by atoms with van der Waals surface area (Å²) in [7, 11) is 1.88. The molecule has 0 unspecified atom stereocenters. The molecular weight excluding hydrogens is 409 g/mol. The highest BCUT2D eigenvalue weighted by atomic mass is 19.1. The lowest BCUT2D eigenvalue weighted by Gasteiger charge is -2.33. The highest BCUT2D eigenvalue weighted by Gasteiger charge is 2.24. The minimum Gasteiger partial charge on any atom is -0.356 e. The van der Waals surface area contributed by atoms with E-state index >= 15 is 0 Å². The van der Waals surface area contributed by atoms with Crippen LogP contribution in [0.1, 0.15) is 18.7 Å². The number of fused-ring (bicyclic) bond motifs is 1. The van der Waals surface area contributed by atoms with Gasteiger partial charge in [-0.15, -0.1) is 0 Å². The molecule has 1 fully saturated rings. The summed E-state index contributed by atoms with van der Waals surface area (Å²) in [5.74, 6) is 1.70. The Labute approximate surface area is 184 Å². The SMILES string of the molecule is Cc1nc(N2CCC(Cn3nc(-c4ccc(F)cc4)ccc3=O)CC2)c2cnn(C)c2n1. The van der Waals surface area contributed by atoms with E-state index in [1.807, 2.05) is 20.2 Å². The fraction of sp³-hybridized carbons (Fsp3) is 0.348. The van der Waals surface area contributed by atoms with Gasteiger partial charge in [-0.1, -0.05) is 0 Å². The van der Waals surface area contributed by atoms with Crippen molar-refractivity contribution in [1.29, 1.82) is 0 Å². The number of benzene rings is 1. The maximum absolute atomic E-state index is 13.2. The molecular formula is C23H24FN7O. The van der Waals surface area contributed by atoms with Crippen LogP contribution in [0.25, 0.3) is 22.3 Å². The molecule has 0 spiro atoms. The molecule has 4 heterocycles. The fourth-order valence-corrected chi connectivity index (χ4v) is 4.28. The summed E-state index contributed by atoms with van der Waals surface area (Å²) in [5.41, 5.74) is 2.16. The number of rotatable bonds is 4. The van der Waals surface area contributed by atoms with E-state index in [-0.39, 0.29) is 11.4 Å². The molecule has 164 valence electrons. The number of nitrogens with zero attached hydrogens (tertiary/aromatic N) is 7. The maximum Gasteiger partial charge on any atom is 0.266 e. The van der Waals surface area contributed by atoms with Gasteiger partial charge in [-0.05, 0) is 56.0 Å². The van der Waals surface area contributed by atoms with E-state index in [1.165, 1.54) is 22.9 Å². The maximum atomic E-state index is 13.2. The third kappa shape index (κ3) is 3.86. The van der Waals surface area contributed by atoms with Crippen LogP contribution in [-0.4, -0.2) is 42.6 Å². The Kier molecular flexibility index (Phi) is 5.16. The molecule has 0 saturated carbocycles. The monoisotopic (exact) mass is 433 g/mol. The van der Waals surface area contributed by atoms with Gasteiger partial charge >= 0.3 is 0 Å². The minimum atomic E-state index is -0.295.